The third-order valence-electron chi connectivity index (χ3n) is 4.47. The van der Waals surface area contributed by atoms with E-state index in [-0.39, 0.29) is 5.91 Å². The zero-order valence-corrected chi connectivity index (χ0v) is 14.0. The Morgan fingerprint density at radius 1 is 1.22 bits per heavy atom. The number of halogens is 1. The Morgan fingerprint density at radius 2 is 1.87 bits per heavy atom. The molecular formula is C17H24ClN3O2. The summed E-state index contributed by atoms with van der Waals surface area (Å²) in [4.78, 5) is 16.2. The molecule has 0 unspecified atom stereocenters. The molecule has 0 radical (unpaired) electrons. The van der Waals surface area contributed by atoms with Crippen molar-refractivity contribution in [1.82, 2.24) is 15.1 Å². The number of benzene rings is 1. The molecule has 1 aromatic carbocycles. The van der Waals surface area contributed by atoms with E-state index in [1.165, 1.54) is 0 Å². The highest BCUT2D eigenvalue weighted by atomic mass is 35.5. The minimum atomic E-state index is -0.576. The van der Waals surface area contributed by atoms with Gasteiger partial charge in [-0.1, -0.05) is 29.8 Å². The molecule has 1 saturated heterocycles. The van der Waals surface area contributed by atoms with Crippen LogP contribution in [0.25, 0.3) is 0 Å². The van der Waals surface area contributed by atoms with Gasteiger partial charge in [0.25, 0.3) is 0 Å². The fourth-order valence-corrected chi connectivity index (χ4v) is 3.18. The Labute approximate surface area is 142 Å². The maximum Gasteiger partial charge on any atom is 0.234 e. The molecule has 0 aromatic heterocycles. The molecule has 1 atom stereocenters. The molecule has 1 saturated carbocycles. The summed E-state index contributed by atoms with van der Waals surface area (Å²) in [6.07, 6.45) is 1.67. The van der Waals surface area contributed by atoms with Gasteiger partial charge in [-0.05, 0) is 18.9 Å². The summed E-state index contributed by atoms with van der Waals surface area (Å²) in [5.74, 6) is 0.136. The monoisotopic (exact) mass is 337 g/mol. The van der Waals surface area contributed by atoms with Gasteiger partial charge in [0, 0.05) is 49.4 Å². The topological polar surface area (TPSA) is 55.8 Å². The Kier molecular flexibility index (Phi) is 5.54. The number of hydrogen-bond donors (Lipinski definition) is 2. The molecule has 2 fully saturated rings. The molecule has 0 bridgehead atoms. The SMILES string of the molecule is O=C(CN1CCN(C[C@H](O)c2ccccc2Cl)CC1)NC1CC1. The first-order chi connectivity index (χ1) is 11.1. The predicted octanol–water partition coefficient (Wildman–Crippen LogP) is 1.27. The molecule has 1 amide bonds. The van der Waals surface area contributed by atoms with Gasteiger partial charge >= 0.3 is 0 Å². The average Bonchev–Trinajstić information content (AvgIpc) is 3.33. The van der Waals surface area contributed by atoms with Gasteiger partial charge in [0.05, 0.1) is 12.6 Å². The van der Waals surface area contributed by atoms with E-state index in [0.29, 0.717) is 24.2 Å². The van der Waals surface area contributed by atoms with Crippen LogP contribution in [-0.2, 0) is 4.79 Å². The number of aliphatic hydroxyl groups is 1. The Hall–Kier alpha value is -1.14. The van der Waals surface area contributed by atoms with Gasteiger partial charge < -0.3 is 10.4 Å². The molecular weight excluding hydrogens is 314 g/mol. The van der Waals surface area contributed by atoms with Crippen LogP contribution in [0.1, 0.15) is 24.5 Å². The average molecular weight is 338 g/mol. The molecule has 23 heavy (non-hydrogen) atoms. The van der Waals surface area contributed by atoms with Crippen molar-refractivity contribution >= 4 is 17.5 Å². The Morgan fingerprint density at radius 3 is 2.52 bits per heavy atom. The first kappa shape index (κ1) is 16.7. The summed E-state index contributed by atoms with van der Waals surface area (Å²) in [5.41, 5.74) is 0.778. The zero-order chi connectivity index (χ0) is 16.2. The van der Waals surface area contributed by atoms with Crippen LogP contribution >= 0.6 is 11.6 Å². The van der Waals surface area contributed by atoms with Crippen LogP contribution in [0.15, 0.2) is 24.3 Å². The summed E-state index contributed by atoms with van der Waals surface area (Å²) >= 11 is 6.13. The van der Waals surface area contributed by atoms with Crippen molar-refractivity contribution in [3.05, 3.63) is 34.9 Å². The summed E-state index contributed by atoms with van der Waals surface area (Å²) < 4.78 is 0. The van der Waals surface area contributed by atoms with Gasteiger partial charge in [-0.2, -0.15) is 0 Å². The first-order valence-corrected chi connectivity index (χ1v) is 8.66. The highest BCUT2D eigenvalue weighted by Crippen LogP contribution is 2.23. The minimum absolute atomic E-state index is 0.136. The fraction of sp³-hybridized carbons (Fsp3) is 0.588. The summed E-state index contributed by atoms with van der Waals surface area (Å²) in [6.45, 7) is 4.49. The standard InChI is InChI=1S/C17H24ClN3O2/c18-15-4-2-1-3-14(15)16(22)11-20-7-9-21(10-8-20)12-17(23)19-13-5-6-13/h1-4,13,16,22H,5-12H2,(H,19,23)/t16-/m0/s1. The van der Waals surface area contributed by atoms with Gasteiger partial charge in [-0.3, -0.25) is 14.6 Å². The fourth-order valence-electron chi connectivity index (χ4n) is 2.92. The number of piperazine rings is 1. The second kappa shape index (κ2) is 7.62. The van der Waals surface area contributed by atoms with Crippen LogP contribution in [0.2, 0.25) is 5.02 Å². The van der Waals surface area contributed by atoms with Crippen LogP contribution < -0.4 is 5.32 Å². The second-order valence-corrected chi connectivity index (χ2v) is 6.86. The molecule has 1 aliphatic carbocycles. The van der Waals surface area contributed by atoms with Crippen molar-refractivity contribution in [3.63, 3.8) is 0 Å². The van der Waals surface area contributed by atoms with E-state index in [1.807, 2.05) is 18.2 Å². The van der Waals surface area contributed by atoms with Crippen LogP contribution in [0.4, 0.5) is 0 Å². The molecule has 1 aliphatic heterocycles. The smallest absolute Gasteiger partial charge is 0.234 e. The summed E-state index contributed by atoms with van der Waals surface area (Å²) in [5, 5.41) is 14.0. The lowest BCUT2D eigenvalue weighted by molar-refractivity contribution is -0.122. The van der Waals surface area contributed by atoms with E-state index >= 15 is 0 Å². The highest BCUT2D eigenvalue weighted by Gasteiger charge is 2.26. The lowest BCUT2D eigenvalue weighted by atomic mass is 10.1. The number of aliphatic hydroxyl groups excluding tert-OH is 1. The van der Waals surface area contributed by atoms with Gasteiger partial charge in [0.2, 0.25) is 5.91 Å². The Bertz CT molecular complexity index is 542. The third-order valence-corrected chi connectivity index (χ3v) is 4.81. The van der Waals surface area contributed by atoms with Crippen LogP contribution in [-0.4, -0.2) is 66.1 Å². The van der Waals surface area contributed by atoms with Crippen LogP contribution in [0.3, 0.4) is 0 Å². The van der Waals surface area contributed by atoms with Crippen LogP contribution in [0, 0.1) is 0 Å². The van der Waals surface area contributed by atoms with E-state index < -0.39 is 6.10 Å². The summed E-state index contributed by atoms with van der Waals surface area (Å²) in [7, 11) is 0. The normalized spacial score (nSPS) is 21.1. The van der Waals surface area contributed by atoms with Crippen molar-refractivity contribution in [2.24, 2.45) is 0 Å². The number of amides is 1. The van der Waals surface area contributed by atoms with E-state index in [4.69, 9.17) is 11.6 Å². The maximum atomic E-state index is 11.8. The number of nitrogens with one attached hydrogen (secondary N) is 1. The van der Waals surface area contributed by atoms with Crippen molar-refractivity contribution in [1.29, 1.82) is 0 Å². The summed E-state index contributed by atoms with van der Waals surface area (Å²) in [6, 6.07) is 7.85. The van der Waals surface area contributed by atoms with Crippen molar-refractivity contribution in [3.8, 4) is 0 Å². The third kappa shape index (κ3) is 4.91. The number of rotatable bonds is 6. The molecule has 2 aliphatic rings. The highest BCUT2D eigenvalue weighted by molar-refractivity contribution is 6.31. The number of β-amino-alcohol motifs (C(OH)–C–C–N with tert-alkyl or cyclic N) is 1. The van der Waals surface area contributed by atoms with Crippen molar-refractivity contribution < 1.29 is 9.90 Å². The lowest BCUT2D eigenvalue weighted by Crippen LogP contribution is -2.50. The van der Waals surface area contributed by atoms with Gasteiger partial charge in [-0.15, -0.1) is 0 Å². The van der Waals surface area contributed by atoms with Crippen molar-refractivity contribution in [2.75, 3.05) is 39.3 Å². The van der Waals surface area contributed by atoms with Gasteiger partial charge in [0.15, 0.2) is 0 Å². The first-order valence-electron chi connectivity index (χ1n) is 8.28. The predicted molar refractivity (Wildman–Crippen MR) is 90.5 cm³/mol. The molecule has 6 heteroatoms. The number of nitrogens with zero attached hydrogens (tertiary/aromatic N) is 2. The van der Waals surface area contributed by atoms with E-state index in [0.717, 1.165) is 44.6 Å². The quantitative estimate of drug-likeness (QED) is 0.821. The van der Waals surface area contributed by atoms with Gasteiger partial charge in [0.1, 0.15) is 0 Å². The zero-order valence-electron chi connectivity index (χ0n) is 13.2. The largest absolute Gasteiger partial charge is 0.387 e. The molecule has 3 rings (SSSR count). The second-order valence-electron chi connectivity index (χ2n) is 6.46. The van der Waals surface area contributed by atoms with E-state index in [1.54, 1.807) is 6.07 Å². The van der Waals surface area contributed by atoms with Crippen LogP contribution in [0.5, 0.6) is 0 Å². The van der Waals surface area contributed by atoms with Crippen molar-refractivity contribution in [2.45, 2.75) is 25.0 Å². The minimum Gasteiger partial charge on any atom is -0.387 e. The lowest BCUT2D eigenvalue weighted by Gasteiger charge is -2.35. The molecule has 5 nitrogen and oxygen atoms in total. The number of carbonyl (C=O) groups excluding carboxylic acids is 1. The van der Waals surface area contributed by atoms with E-state index in [9.17, 15) is 9.90 Å². The number of hydrogen-bond acceptors (Lipinski definition) is 4. The van der Waals surface area contributed by atoms with Gasteiger partial charge in [-0.25, -0.2) is 0 Å². The van der Waals surface area contributed by atoms with E-state index in [2.05, 4.69) is 15.1 Å². The maximum absolute atomic E-state index is 11.8. The molecule has 2 N–H and O–H groups in total. The number of carbonyl (C=O) groups is 1. The Balaban J connectivity index is 1.42. The molecule has 0 spiro atoms. The molecule has 1 heterocycles. The molecule has 1 aromatic rings. The molecule has 126 valence electrons.